The Balaban J connectivity index is 2.94. The lowest BCUT2D eigenvalue weighted by Crippen LogP contribution is -2.19. The van der Waals surface area contributed by atoms with Gasteiger partial charge in [0.1, 0.15) is 0 Å². The maximum Gasteiger partial charge on any atom is 0.0602 e. The predicted molar refractivity (Wildman–Crippen MR) is 50.7 cm³/mol. The lowest BCUT2D eigenvalue weighted by Gasteiger charge is -2.16. The summed E-state index contributed by atoms with van der Waals surface area (Å²) in [6, 6.07) is 4.04. The lowest BCUT2D eigenvalue weighted by atomic mass is 9.99. The quantitative estimate of drug-likeness (QED) is 0.726. The van der Waals surface area contributed by atoms with E-state index in [1.54, 1.807) is 6.20 Å². The van der Waals surface area contributed by atoms with E-state index in [1.165, 1.54) is 5.56 Å². The second-order valence-electron chi connectivity index (χ2n) is 3.48. The maximum atomic E-state index is 5.98. The molecule has 66 valence electrons. The van der Waals surface area contributed by atoms with Crippen molar-refractivity contribution in [1.82, 2.24) is 4.98 Å². The number of nitrogens with two attached hydrogens (primary N) is 1. The molecule has 0 radical (unpaired) electrons. The van der Waals surface area contributed by atoms with Crippen molar-refractivity contribution in [2.24, 2.45) is 11.7 Å². The highest BCUT2D eigenvalue weighted by Crippen LogP contribution is 2.18. The fraction of sp³-hybridized carbons (Fsp3) is 0.500. The summed E-state index contributed by atoms with van der Waals surface area (Å²) in [4.78, 5) is 4.27. The molecule has 0 aliphatic carbocycles. The Kier molecular flexibility index (Phi) is 2.82. The van der Waals surface area contributed by atoms with Crippen LogP contribution in [0.4, 0.5) is 0 Å². The highest BCUT2D eigenvalue weighted by Gasteiger charge is 2.12. The summed E-state index contributed by atoms with van der Waals surface area (Å²) in [6.45, 7) is 6.27. The Morgan fingerprint density at radius 3 is 2.58 bits per heavy atom. The fourth-order valence-corrected chi connectivity index (χ4v) is 1.16. The molecular formula is C10H16N2. The molecule has 0 amide bonds. The first-order valence-corrected chi connectivity index (χ1v) is 4.30. The van der Waals surface area contributed by atoms with Crippen LogP contribution < -0.4 is 5.73 Å². The zero-order chi connectivity index (χ0) is 9.14. The zero-order valence-corrected chi connectivity index (χ0v) is 7.91. The number of aromatic nitrogens is 1. The minimum absolute atomic E-state index is 0.0613. The van der Waals surface area contributed by atoms with Crippen molar-refractivity contribution < 1.29 is 0 Å². The molecular weight excluding hydrogens is 148 g/mol. The van der Waals surface area contributed by atoms with E-state index < -0.39 is 0 Å². The number of hydrogen-bond donors (Lipinski definition) is 1. The normalized spacial score (nSPS) is 13.4. The Hall–Kier alpha value is -0.890. The molecule has 1 rings (SSSR count). The van der Waals surface area contributed by atoms with E-state index in [0.717, 1.165) is 5.69 Å². The van der Waals surface area contributed by atoms with Gasteiger partial charge in [0.05, 0.1) is 5.69 Å². The first-order chi connectivity index (χ1) is 5.63. The van der Waals surface area contributed by atoms with Gasteiger partial charge in [-0.15, -0.1) is 0 Å². The number of pyridine rings is 1. The third-order valence-corrected chi connectivity index (χ3v) is 2.08. The number of aryl methyl sites for hydroxylation is 1. The maximum absolute atomic E-state index is 5.98. The van der Waals surface area contributed by atoms with Crippen LogP contribution in [0.25, 0.3) is 0 Å². The van der Waals surface area contributed by atoms with Crippen LogP contribution in [0, 0.1) is 12.8 Å². The third-order valence-electron chi connectivity index (χ3n) is 2.08. The molecule has 0 aliphatic heterocycles. The van der Waals surface area contributed by atoms with Gasteiger partial charge in [-0.05, 0) is 24.5 Å². The Morgan fingerprint density at radius 1 is 1.42 bits per heavy atom. The molecule has 0 unspecified atom stereocenters. The molecule has 0 aromatic carbocycles. The molecule has 0 saturated carbocycles. The minimum atomic E-state index is 0.0613. The van der Waals surface area contributed by atoms with Gasteiger partial charge in [-0.25, -0.2) is 0 Å². The van der Waals surface area contributed by atoms with Crippen molar-refractivity contribution in [2.75, 3.05) is 0 Å². The van der Waals surface area contributed by atoms with E-state index in [-0.39, 0.29) is 6.04 Å². The zero-order valence-electron chi connectivity index (χ0n) is 7.91. The second-order valence-corrected chi connectivity index (χ2v) is 3.48. The molecule has 2 heteroatoms. The summed E-state index contributed by atoms with van der Waals surface area (Å²) in [5.41, 5.74) is 8.18. The average Bonchev–Trinajstić information content (AvgIpc) is 2.04. The van der Waals surface area contributed by atoms with Gasteiger partial charge in [0.15, 0.2) is 0 Å². The Labute approximate surface area is 73.8 Å². The van der Waals surface area contributed by atoms with Gasteiger partial charge in [0.25, 0.3) is 0 Å². The van der Waals surface area contributed by atoms with Crippen molar-refractivity contribution in [1.29, 1.82) is 0 Å². The summed E-state index contributed by atoms with van der Waals surface area (Å²) >= 11 is 0. The van der Waals surface area contributed by atoms with Crippen molar-refractivity contribution in [3.8, 4) is 0 Å². The topological polar surface area (TPSA) is 38.9 Å². The van der Waals surface area contributed by atoms with Crippen molar-refractivity contribution in [3.63, 3.8) is 0 Å². The predicted octanol–water partition coefficient (Wildman–Crippen LogP) is 2.05. The van der Waals surface area contributed by atoms with Gasteiger partial charge in [-0.2, -0.15) is 0 Å². The molecule has 0 saturated heterocycles. The van der Waals surface area contributed by atoms with Gasteiger partial charge in [0.2, 0.25) is 0 Å². The van der Waals surface area contributed by atoms with E-state index in [4.69, 9.17) is 5.73 Å². The molecule has 0 bridgehead atoms. The Morgan fingerprint density at radius 2 is 2.08 bits per heavy atom. The average molecular weight is 164 g/mol. The summed E-state index contributed by atoms with van der Waals surface area (Å²) in [5, 5.41) is 0. The summed E-state index contributed by atoms with van der Waals surface area (Å²) in [6.07, 6.45) is 1.80. The van der Waals surface area contributed by atoms with Crippen LogP contribution in [0.2, 0.25) is 0 Å². The van der Waals surface area contributed by atoms with Crippen LogP contribution in [0.15, 0.2) is 18.3 Å². The van der Waals surface area contributed by atoms with Crippen LogP contribution in [0.1, 0.15) is 31.1 Å². The van der Waals surface area contributed by atoms with Crippen molar-refractivity contribution in [3.05, 3.63) is 29.6 Å². The van der Waals surface area contributed by atoms with Crippen LogP contribution in [0.5, 0.6) is 0 Å². The number of rotatable bonds is 2. The summed E-state index contributed by atoms with van der Waals surface area (Å²) in [7, 11) is 0. The molecule has 2 N–H and O–H groups in total. The minimum Gasteiger partial charge on any atom is -0.322 e. The van der Waals surface area contributed by atoms with Gasteiger partial charge < -0.3 is 5.73 Å². The van der Waals surface area contributed by atoms with E-state index in [1.807, 2.05) is 19.1 Å². The van der Waals surface area contributed by atoms with Gasteiger partial charge in [-0.1, -0.05) is 19.9 Å². The molecule has 1 atom stereocenters. The largest absolute Gasteiger partial charge is 0.322 e. The standard InChI is InChI=1S/C10H16N2/c1-7(2)9(11)10-8(3)5-4-6-12-10/h4-7,9H,11H2,1-3H3/t9-/m1/s1. The first-order valence-electron chi connectivity index (χ1n) is 4.30. The van der Waals surface area contributed by atoms with Crippen LogP contribution in [-0.4, -0.2) is 4.98 Å². The van der Waals surface area contributed by atoms with Gasteiger partial charge in [0, 0.05) is 12.2 Å². The highest BCUT2D eigenvalue weighted by molar-refractivity contribution is 5.20. The van der Waals surface area contributed by atoms with Crippen molar-refractivity contribution in [2.45, 2.75) is 26.8 Å². The SMILES string of the molecule is Cc1cccnc1[C@H](N)C(C)C. The molecule has 2 nitrogen and oxygen atoms in total. The van der Waals surface area contributed by atoms with Gasteiger partial charge >= 0.3 is 0 Å². The lowest BCUT2D eigenvalue weighted by molar-refractivity contribution is 0.501. The van der Waals surface area contributed by atoms with Crippen LogP contribution in [-0.2, 0) is 0 Å². The number of nitrogens with zero attached hydrogens (tertiary/aromatic N) is 1. The summed E-state index contributed by atoms with van der Waals surface area (Å²) in [5.74, 6) is 0.443. The molecule has 12 heavy (non-hydrogen) atoms. The molecule has 1 aromatic rings. The second kappa shape index (κ2) is 3.68. The summed E-state index contributed by atoms with van der Waals surface area (Å²) < 4.78 is 0. The molecule has 0 spiro atoms. The first kappa shape index (κ1) is 9.20. The van der Waals surface area contributed by atoms with E-state index in [9.17, 15) is 0 Å². The molecule has 0 fully saturated rings. The smallest absolute Gasteiger partial charge is 0.0602 e. The van der Waals surface area contributed by atoms with Crippen molar-refractivity contribution >= 4 is 0 Å². The Bertz CT molecular complexity index is 256. The van der Waals surface area contributed by atoms with E-state index in [2.05, 4.69) is 18.8 Å². The fourth-order valence-electron chi connectivity index (χ4n) is 1.16. The highest BCUT2D eigenvalue weighted by atomic mass is 14.8. The van der Waals surface area contributed by atoms with Crippen LogP contribution >= 0.6 is 0 Å². The third kappa shape index (κ3) is 1.83. The molecule has 0 aliphatic rings. The molecule has 1 aromatic heterocycles. The number of hydrogen-bond acceptors (Lipinski definition) is 2. The monoisotopic (exact) mass is 164 g/mol. The van der Waals surface area contributed by atoms with E-state index in [0.29, 0.717) is 5.92 Å². The van der Waals surface area contributed by atoms with E-state index >= 15 is 0 Å². The van der Waals surface area contributed by atoms with Gasteiger partial charge in [-0.3, -0.25) is 4.98 Å². The van der Waals surface area contributed by atoms with Crippen LogP contribution in [0.3, 0.4) is 0 Å². The molecule has 1 heterocycles.